The number of aromatic amines is 2. The van der Waals surface area contributed by atoms with Gasteiger partial charge in [-0.05, 0) is 30.3 Å². The molecule has 0 aliphatic carbocycles. The van der Waals surface area contributed by atoms with Crippen molar-refractivity contribution in [2.75, 3.05) is 4.72 Å². The highest BCUT2D eigenvalue weighted by Crippen LogP contribution is 2.24. The van der Waals surface area contributed by atoms with E-state index in [0.29, 0.717) is 5.52 Å². The van der Waals surface area contributed by atoms with Crippen molar-refractivity contribution < 1.29 is 8.42 Å². The molecular weight excluding hydrogens is 342 g/mol. The molecule has 0 aliphatic rings. The van der Waals surface area contributed by atoms with E-state index in [9.17, 15) is 18.0 Å². The lowest BCUT2D eigenvalue weighted by atomic mass is 10.3. The van der Waals surface area contributed by atoms with Crippen LogP contribution < -0.4 is 15.8 Å². The summed E-state index contributed by atoms with van der Waals surface area (Å²) in [7, 11) is -3.90. The van der Waals surface area contributed by atoms with E-state index in [-0.39, 0.29) is 21.1 Å². The molecule has 3 aromatic rings. The highest BCUT2D eigenvalue weighted by molar-refractivity contribution is 7.92. The predicted octanol–water partition coefficient (Wildman–Crippen LogP) is 1.67. The molecule has 1 aromatic heterocycles. The second-order valence-electron chi connectivity index (χ2n) is 4.70. The molecule has 0 saturated heterocycles. The van der Waals surface area contributed by atoms with E-state index in [1.54, 1.807) is 18.2 Å². The van der Waals surface area contributed by atoms with Crippen LogP contribution >= 0.6 is 11.6 Å². The number of anilines is 1. The normalized spacial score (nSPS) is 11.5. The largest absolute Gasteiger partial charge is 0.316 e. The van der Waals surface area contributed by atoms with Crippen molar-refractivity contribution in [1.82, 2.24) is 9.97 Å². The molecule has 0 spiro atoms. The Morgan fingerprint density at radius 1 is 0.913 bits per heavy atom. The van der Waals surface area contributed by atoms with Gasteiger partial charge in [0.1, 0.15) is 0 Å². The van der Waals surface area contributed by atoms with Crippen LogP contribution in [0.3, 0.4) is 0 Å². The summed E-state index contributed by atoms with van der Waals surface area (Å²) in [4.78, 5) is 27.2. The SMILES string of the molecule is O=c1[nH]c2ccc(S(=O)(=O)Nc3ccccc3Cl)cc2[nH]c1=O. The van der Waals surface area contributed by atoms with Crippen molar-refractivity contribution in [3.8, 4) is 0 Å². The van der Waals surface area contributed by atoms with Crippen molar-refractivity contribution in [2.24, 2.45) is 0 Å². The summed E-state index contributed by atoms with van der Waals surface area (Å²) in [6, 6.07) is 10.4. The minimum absolute atomic E-state index is 0.0763. The average Bonchev–Trinajstić information content (AvgIpc) is 2.50. The van der Waals surface area contributed by atoms with E-state index in [0.717, 1.165) is 0 Å². The van der Waals surface area contributed by atoms with Crippen LogP contribution in [0.4, 0.5) is 5.69 Å². The fraction of sp³-hybridized carbons (Fsp3) is 0. The van der Waals surface area contributed by atoms with Crippen LogP contribution in [0.25, 0.3) is 11.0 Å². The number of sulfonamides is 1. The van der Waals surface area contributed by atoms with Crippen molar-refractivity contribution in [2.45, 2.75) is 4.90 Å². The molecule has 0 fully saturated rings. The lowest BCUT2D eigenvalue weighted by Gasteiger charge is -2.10. The van der Waals surface area contributed by atoms with Gasteiger partial charge in [-0.3, -0.25) is 14.3 Å². The Labute approximate surface area is 135 Å². The number of aromatic nitrogens is 2. The van der Waals surface area contributed by atoms with Crippen LogP contribution in [-0.2, 0) is 10.0 Å². The average molecular weight is 352 g/mol. The van der Waals surface area contributed by atoms with Gasteiger partial charge in [0.05, 0.1) is 26.6 Å². The molecule has 0 aliphatic heterocycles. The number of halogens is 1. The summed E-state index contributed by atoms with van der Waals surface area (Å²) < 4.78 is 27.2. The molecule has 0 amide bonds. The minimum atomic E-state index is -3.90. The minimum Gasteiger partial charge on any atom is -0.316 e. The quantitative estimate of drug-likeness (QED) is 0.623. The van der Waals surface area contributed by atoms with Crippen molar-refractivity contribution >= 4 is 38.3 Å². The van der Waals surface area contributed by atoms with Crippen LogP contribution in [0.15, 0.2) is 56.9 Å². The molecule has 3 rings (SSSR count). The maximum Gasteiger partial charge on any atom is 0.314 e. The van der Waals surface area contributed by atoms with Crippen LogP contribution in [-0.4, -0.2) is 18.4 Å². The third kappa shape index (κ3) is 2.99. The topological polar surface area (TPSA) is 112 Å². The number of hydrogen-bond donors (Lipinski definition) is 3. The zero-order valence-corrected chi connectivity index (χ0v) is 13.0. The molecule has 3 N–H and O–H groups in total. The van der Waals surface area contributed by atoms with Gasteiger partial charge in [0, 0.05) is 0 Å². The van der Waals surface area contributed by atoms with E-state index < -0.39 is 21.1 Å². The molecule has 7 nitrogen and oxygen atoms in total. The molecule has 118 valence electrons. The second kappa shape index (κ2) is 5.56. The standard InChI is InChI=1S/C14H10ClN3O4S/c15-9-3-1-2-4-10(9)18-23(21,22)8-5-6-11-12(7-8)17-14(20)13(19)16-11/h1-7,18H,(H,16,19)(H,17,20). The van der Waals surface area contributed by atoms with Gasteiger partial charge in [-0.25, -0.2) is 8.42 Å². The fourth-order valence-corrected chi connectivity index (χ4v) is 3.35. The monoisotopic (exact) mass is 351 g/mol. The molecule has 23 heavy (non-hydrogen) atoms. The van der Waals surface area contributed by atoms with Gasteiger partial charge in [-0.1, -0.05) is 23.7 Å². The Morgan fingerprint density at radius 3 is 2.26 bits per heavy atom. The van der Waals surface area contributed by atoms with Crippen LogP contribution in [0.2, 0.25) is 5.02 Å². The van der Waals surface area contributed by atoms with Crippen LogP contribution in [0.1, 0.15) is 0 Å². The summed E-state index contributed by atoms with van der Waals surface area (Å²) in [5, 5.41) is 0.259. The summed E-state index contributed by atoms with van der Waals surface area (Å²) >= 11 is 5.94. The number of benzene rings is 2. The first-order valence-electron chi connectivity index (χ1n) is 6.40. The summed E-state index contributed by atoms with van der Waals surface area (Å²) in [6.07, 6.45) is 0. The Morgan fingerprint density at radius 2 is 1.57 bits per heavy atom. The van der Waals surface area contributed by atoms with Crippen molar-refractivity contribution in [3.63, 3.8) is 0 Å². The van der Waals surface area contributed by atoms with Crippen LogP contribution in [0.5, 0.6) is 0 Å². The van der Waals surface area contributed by atoms with Gasteiger partial charge in [0.15, 0.2) is 0 Å². The lowest BCUT2D eigenvalue weighted by Crippen LogP contribution is -2.29. The van der Waals surface area contributed by atoms with Crippen LogP contribution in [0, 0.1) is 0 Å². The number of fused-ring (bicyclic) bond motifs is 1. The van der Waals surface area contributed by atoms with Gasteiger partial charge >= 0.3 is 11.1 Å². The van der Waals surface area contributed by atoms with Gasteiger partial charge in [-0.2, -0.15) is 0 Å². The summed E-state index contributed by atoms with van der Waals surface area (Å²) in [5.74, 6) is 0. The molecule has 0 unspecified atom stereocenters. The number of hydrogen-bond acceptors (Lipinski definition) is 4. The first-order valence-corrected chi connectivity index (χ1v) is 8.27. The molecule has 0 saturated carbocycles. The molecule has 0 atom stereocenters. The fourth-order valence-electron chi connectivity index (χ4n) is 2.01. The Bertz CT molecular complexity index is 1120. The van der Waals surface area contributed by atoms with E-state index in [1.807, 2.05) is 0 Å². The van der Waals surface area contributed by atoms with Gasteiger partial charge < -0.3 is 9.97 Å². The van der Waals surface area contributed by atoms with Gasteiger partial charge in [0.25, 0.3) is 10.0 Å². The van der Waals surface area contributed by atoms with Crippen molar-refractivity contribution in [1.29, 1.82) is 0 Å². The van der Waals surface area contributed by atoms with Crippen molar-refractivity contribution in [3.05, 3.63) is 68.2 Å². The molecular formula is C14H10ClN3O4S. The zero-order valence-electron chi connectivity index (χ0n) is 11.5. The smallest absolute Gasteiger partial charge is 0.314 e. The van der Waals surface area contributed by atoms with E-state index in [1.165, 1.54) is 24.3 Å². The Balaban J connectivity index is 2.08. The lowest BCUT2D eigenvalue weighted by molar-refractivity contribution is 0.601. The predicted molar refractivity (Wildman–Crippen MR) is 87.4 cm³/mol. The van der Waals surface area contributed by atoms with E-state index in [4.69, 9.17) is 11.6 Å². The molecule has 2 aromatic carbocycles. The zero-order chi connectivity index (χ0) is 16.6. The van der Waals surface area contributed by atoms with E-state index >= 15 is 0 Å². The highest BCUT2D eigenvalue weighted by Gasteiger charge is 2.16. The molecule has 0 radical (unpaired) electrons. The number of rotatable bonds is 3. The molecule has 0 bridgehead atoms. The highest BCUT2D eigenvalue weighted by atomic mass is 35.5. The summed E-state index contributed by atoms with van der Waals surface area (Å²) in [6.45, 7) is 0. The second-order valence-corrected chi connectivity index (χ2v) is 6.79. The maximum atomic E-state index is 12.4. The first kappa shape index (κ1) is 15.3. The number of nitrogens with one attached hydrogen (secondary N) is 3. The van der Waals surface area contributed by atoms with Gasteiger partial charge in [-0.15, -0.1) is 0 Å². The third-order valence-electron chi connectivity index (χ3n) is 3.12. The molecule has 1 heterocycles. The Kier molecular flexibility index (Phi) is 3.70. The molecule has 9 heteroatoms. The number of H-pyrrole nitrogens is 2. The third-order valence-corrected chi connectivity index (χ3v) is 4.81. The first-order chi connectivity index (χ1) is 10.9. The Hall–Kier alpha value is -2.58. The number of para-hydroxylation sites is 1. The van der Waals surface area contributed by atoms with E-state index in [2.05, 4.69) is 14.7 Å². The maximum absolute atomic E-state index is 12.4. The summed E-state index contributed by atoms with van der Waals surface area (Å²) in [5.41, 5.74) is -0.888. The van der Waals surface area contributed by atoms with Gasteiger partial charge in [0.2, 0.25) is 0 Å².